The van der Waals surface area contributed by atoms with Gasteiger partial charge in [0.1, 0.15) is 0 Å². The summed E-state index contributed by atoms with van der Waals surface area (Å²) in [5.41, 5.74) is 0. The first-order chi connectivity index (χ1) is 8.15. The van der Waals surface area contributed by atoms with Gasteiger partial charge in [-0.3, -0.25) is 14.5 Å². The summed E-state index contributed by atoms with van der Waals surface area (Å²) in [6, 6.07) is 0. The number of rotatable bonds is 5. The number of likely N-dealkylation sites (tertiary alicyclic amines) is 1. The molecule has 2 rings (SSSR count). The second-order valence-electron chi connectivity index (χ2n) is 4.95. The molecular formula is C12H19NO4. The molecular weight excluding hydrogens is 222 g/mol. The number of ether oxygens (including phenoxy) is 1. The maximum Gasteiger partial charge on any atom is 0.233 e. The molecule has 2 amide bonds. The molecule has 5 heteroatoms. The van der Waals surface area contributed by atoms with Gasteiger partial charge in [0.05, 0.1) is 38.2 Å². The molecule has 0 radical (unpaired) electrons. The van der Waals surface area contributed by atoms with E-state index >= 15 is 0 Å². The van der Waals surface area contributed by atoms with Gasteiger partial charge < -0.3 is 9.84 Å². The molecule has 1 saturated heterocycles. The van der Waals surface area contributed by atoms with Gasteiger partial charge in [-0.15, -0.1) is 0 Å². The van der Waals surface area contributed by atoms with Gasteiger partial charge in [-0.25, -0.2) is 0 Å². The predicted octanol–water partition coefficient (Wildman–Crippen LogP) is 0.0264. The van der Waals surface area contributed by atoms with Crippen molar-refractivity contribution < 1.29 is 19.4 Å². The van der Waals surface area contributed by atoms with Crippen molar-refractivity contribution in [2.75, 3.05) is 26.4 Å². The molecule has 0 aromatic carbocycles. The Hall–Kier alpha value is -0.940. The Morgan fingerprint density at radius 3 is 2.35 bits per heavy atom. The van der Waals surface area contributed by atoms with Crippen LogP contribution in [0.4, 0.5) is 0 Å². The van der Waals surface area contributed by atoms with Gasteiger partial charge >= 0.3 is 0 Å². The molecule has 1 saturated carbocycles. The Labute approximate surface area is 101 Å². The van der Waals surface area contributed by atoms with E-state index in [0.717, 1.165) is 12.8 Å². The monoisotopic (exact) mass is 241 g/mol. The summed E-state index contributed by atoms with van der Waals surface area (Å²) < 4.78 is 5.09. The minimum Gasteiger partial charge on any atom is -0.394 e. The van der Waals surface area contributed by atoms with Gasteiger partial charge in [-0.2, -0.15) is 0 Å². The smallest absolute Gasteiger partial charge is 0.233 e. The zero-order chi connectivity index (χ0) is 12.4. The summed E-state index contributed by atoms with van der Waals surface area (Å²) in [5, 5.41) is 8.55. The topological polar surface area (TPSA) is 66.8 Å². The number of carbonyl (C=O) groups excluding carboxylic acids is 2. The zero-order valence-corrected chi connectivity index (χ0v) is 10.1. The average molecular weight is 241 g/mol. The van der Waals surface area contributed by atoms with Crippen LogP contribution in [0.1, 0.15) is 19.8 Å². The Morgan fingerprint density at radius 1 is 1.24 bits per heavy atom. The van der Waals surface area contributed by atoms with Crippen LogP contribution in [0.15, 0.2) is 0 Å². The van der Waals surface area contributed by atoms with Crippen LogP contribution < -0.4 is 0 Å². The number of aliphatic hydroxyl groups is 1. The molecule has 0 bridgehead atoms. The molecule has 0 aromatic rings. The Morgan fingerprint density at radius 2 is 1.82 bits per heavy atom. The Balaban J connectivity index is 1.88. The Kier molecular flexibility index (Phi) is 3.79. The first-order valence-corrected chi connectivity index (χ1v) is 6.19. The van der Waals surface area contributed by atoms with Crippen molar-refractivity contribution >= 4 is 11.8 Å². The SMILES string of the molecule is CC1CC2C(=O)N(CCOCCO)C(=O)C2C1. The highest BCUT2D eigenvalue weighted by molar-refractivity contribution is 6.05. The van der Waals surface area contributed by atoms with Gasteiger partial charge in [0.25, 0.3) is 0 Å². The van der Waals surface area contributed by atoms with Crippen LogP contribution >= 0.6 is 0 Å². The summed E-state index contributed by atoms with van der Waals surface area (Å²) in [4.78, 5) is 25.3. The number of imide groups is 1. The summed E-state index contributed by atoms with van der Waals surface area (Å²) in [5.74, 6) is 0.241. The summed E-state index contributed by atoms with van der Waals surface area (Å²) >= 11 is 0. The highest BCUT2D eigenvalue weighted by Crippen LogP contribution is 2.42. The van der Waals surface area contributed by atoms with Gasteiger partial charge in [0.2, 0.25) is 11.8 Å². The summed E-state index contributed by atoms with van der Waals surface area (Å²) in [6.07, 6.45) is 1.67. The van der Waals surface area contributed by atoms with Crippen molar-refractivity contribution in [1.82, 2.24) is 4.90 Å². The van der Waals surface area contributed by atoms with E-state index in [9.17, 15) is 9.59 Å². The molecule has 1 aliphatic heterocycles. The van der Waals surface area contributed by atoms with Crippen LogP contribution in [0.3, 0.4) is 0 Å². The van der Waals surface area contributed by atoms with Crippen molar-refractivity contribution in [3.8, 4) is 0 Å². The van der Waals surface area contributed by atoms with Gasteiger partial charge in [-0.1, -0.05) is 6.92 Å². The lowest BCUT2D eigenvalue weighted by Crippen LogP contribution is -2.35. The molecule has 1 N–H and O–H groups in total. The van der Waals surface area contributed by atoms with Crippen molar-refractivity contribution in [2.24, 2.45) is 17.8 Å². The molecule has 5 nitrogen and oxygen atoms in total. The summed E-state index contributed by atoms with van der Waals surface area (Å²) in [6.45, 7) is 2.93. The molecule has 2 fully saturated rings. The van der Waals surface area contributed by atoms with Crippen LogP contribution in [-0.2, 0) is 14.3 Å². The van der Waals surface area contributed by atoms with Crippen molar-refractivity contribution in [3.63, 3.8) is 0 Å². The summed E-state index contributed by atoms with van der Waals surface area (Å²) in [7, 11) is 0. The lowest BCUT2D eigenvalue weighted by molar-refractivity contribution is -0.141. The lowest BCUT2D eigenvalue weighted by atomic mass is 10.00. The molecule has 17 heavy (non-hydrogen) atoms. The van der Waals surface area contributed by atoms with E-state index < -0.39 is 0 Å². The number of hydrogen-bond acceptors (Lipinski definition) is 4. The number of amides is 2. The zero-order valence-electron chi connectivity index (χ0n) is 10.1. The first-order valence-electron chi connectivity index (χ1n) is 6.19. The van der Waals surface area contributed by atoms with Gasteiger partial charge in [0, 0.05) is 0 Å². The molecule has 2 unspecified atom stereocenters. The fourth-order valence-electron chi connectivity index (χ4n) is 2.89. The van der Waals surface area contributed by atoms with Crippen LogP contribution in [0.2, 0.25) is 0 Å². The number of fused-ring (bicyclic) bond motifs is 1. The molecule has 0 aromatic heterocycles. The van der Waals surface area contributed by atoms with Crippen LogP contribution in [0.5, 0.6) is 0 Å². The van der Waals surface area contributed by atoms with Gasteiger partial charge in [0.15, 0.2) is 0 Å². The van der Waals surface area contributed by atoms with E-state index in [0.29, 0.717) is 19.1 Å². The lowest BCUT2D eigenvalue weighted by Gasteiger charge is -2.16. The van der Waals surface area contributed by atoms with Crippen molar-refractivity contribution in [1.29, 1.82) is 0 Å². The average Bonchev–Trinajstić information content (AvgIpc) is 2.77. The second-order valence-corrected chi connectivity index (χ2v) is 4.95. The van der Waals surface area contributed by atoms with Crippen LogP contribution in [0.25, 0.3) is 0 Å². The van der Waals surface area contributed by atoms with E-state index in [2.05, 4.69) is 6.92 Å². The quantitative estimate of drug-likeness (QED) is 0.544. The van der Waals surface area contributed by atoms with E-state index in [1.807, 2.05) is 0 Å². The maximum atomic E-state index is 12.0. The van der Waals surface area contributed by atoms with Crippen molar-refractivity contribution in [3.05, 3.63) is 0 Å². The number of carbonyl (C=O) groups is 2. The predicted molar refractivity (Wildman–Crippen MR) is 60.0 cm³/mol. The van der Waals surface area contributed by atoms with Crippen LogP contribution in [0, 0.1) is 17.8 Å². The largest absolute Gasteiger partial charge is 0.394 e. The fourth-order valence-corrected chi connectivity index (χ4v) is 2.89. The van der Waals surface area contributed by atoms with E-state index in [4.69, 9.17) is 9.84 Å². The fraction of sp³-hybridized carbons (Fsp3) is 0.833. The highest BCUT2D eigenvalue weighted by Gasteiger charge is 2.51. The van der Waals surface area contributed by atoms with E-state index in [1.165, 1.54) is 4.90 Å². The van der Waals surface area contributed by atoms with E-state index in [1.54, 1.807) is 0 Å². The Bertz CT molecular complexity index is 294. The maximum absolute atomic E-state index is 12.0. The molecule has 0 spiro atoms. The van der Waals surface area contributed by atoms with Crippen LogP contribution in [-0.4, -0.2) is 48.2 Å². The number of aliphatic hydroxyl groups excluding tert-OH is 1. The number of nitrogens with zero attached hydrogens (tertiary/aromatic N) is 1. The number of hydrogen-bond donors (Lipinski definition) is 1. The third-order valence-corrected chi connectivity index (χ3v) is 3.66. The normalized spacial score (nSPS) is 32.4. The minimum atomic E-state index is -0.0876. The molecule has 2 aliphatic rings. The van der Waals surface area contributed by atoms with E-state index in [-0.39, 0.29) is 36.9 Å². The highest BCUT2D eigenvalue weighted by atomic mass is 16.5. The van der Waals surface area contributed by atoms with Gasteiger partial charge in [-0.05, 0) is 18.8 Å². The minimum absolute atomic E-state index is 0.0306. The first kappa shape index (κ1) is 12.5. The molecule has 2 atom stereocenters. The molecule has 1 heterocycles. The second kappa shape index (κ2) is 5.14. The standard InChI is InChI=1S/C12H19NO4/c1-8-6-9-10(7-8)12(16)13(11(9)15)2-4-17-5-3-14/h8-10,14H,2-7H2,1H3. The van der Waals surface area contributed by atoms with Crippen molar-refractivity contribution in [2.45, 2.75) is 19.8 Å². The molecule has 1 aliphatic carbocycles. The third kappa shape index (κ3) is 2.35. The molecule has 96 valence electrons. The third-order valence-electron chi connectivity index (χ3n) is 3.66.